The Balaban J connectivity index is 2.32. The number of carbonyl (C=O) groups is 1. The molecule has 0 saturated heterocycles. The molecule has 0 radical (unpaired) electrons. The largest absolute Gasteiger partial charge is 0.387 e. The van der Waals surface area contributed by atoms with Gasteiger partial charge in [-0.3, -0.25) is 9.59 Å². The highest BCUT2D eigenvalue weighted by Crippen LogP contribution is 2.24. The smallest absolute Gasteiger partial charge is 0.256 e. The zero-order valence-corrected chi connectivity index (χ0v) is 15.7. The number of hydrogen-bond donors (Lipinski definition) is 3. The molecule has 1 amide bonds. The monoisotopic (exact) mass is 418 g/mol. The molecular formula is C15H16BrClN2O3S. The van der Waals surface area contributed by atoms with Gasteiger partial charge in [0.15, 0.2) is 0 Å². The predicted molar refractivity (Wildman–Crippen MR) is 98.6 cm³/mol. The first-order chi connectivity index (χ1) is 10.7. The Morgan fingerprint density at radius 3 is 2.87 bits per heavy atom. The van der Waals surface area contributed by atoms with Crippen LogP contribution in [0, 0.1) is 0 Å². The standard InChI is InChI=1S/C15H16BrClN2O3S/c1-15(22,7-23-2)6-19-14(21)10-5-18-12-9(13(10)20)3-8(16)4-11(12)17/h3-5,22H,6-7H2,1-2H3,(H,18,20)(H,19,21). The van der Waals surface area contributed by atoms with Gasteiger partial charge in [0.2, 0.25) is 5.43 Å². The van der Waals surface area contributed by atoms with Crippen LogP contribution in [-0.2, 0) is 0 Å². The fourth-order valence-electron chi connectivity index (χ4n) is 2.15. The summed E-state index contributed by atoms with van der Waals surface area (Å²) in [5.74, 6) is -0.0604. The maximum atomic E-state index is 12.5. The van der Waals surface area contributed by atoms with Gasteiger partial charge in [0.05, 0.1) is 16.1 Å². The van der Waals surface area contributed by atoms with Crippen molar-refractivity contribution in [3.63, 3.8) is 0 Å². The van der Waals surface area contributed by atoms with Gasteiger partial charge in [0.25, 0.3) is 5.91 Å². The van der Waals surface area contributed by atoms with Gasteiger partial charge in [-0.05, 0) is 25.3 Å². The van der Waals surface area contributed by atoms with Crippen LogP contribution in [0.4, 0.5) is 0 Å². The highest BCUT2D eigenvalue weighted by molar-refractivity contribution is 9.10. The van der Waals surface area contributed by atoms with Crippen LogP contribution in [0.15, 0.2) is 27.6 Å². The lowest BCUT2D eigenvalue weighted by molar-refractivity contribution is 0.0724. The second kappa shape index (κ2) is 7.25. The number of H-pyrrole nitrogens is 1. The van der Waals surface area contributed by atoms with Crippen LogP contribution in [0.25, 0.3) is 10.9 Å². The number of aromatic nitrogens is 1. The van der Waals surface area contributed by atoms with Crippen molar-refractivity contribution in [1.82, 2.24) is 10.3 Å². The highest BCUT2D eigenvalue weighted by atomic mass is 79.9. The maximum Gasteiger partial charge on any atom is 0.256 e. The normalized spacial score (nSPS) is 13.8. The molecule has 124 valence electrons. The number of amides is 1. The number of nitrogens with one attached hydrogen (secondary N) is 2. The quantitative estimate of drug-likeness (QED) is 0.696. The summed E-state index contributed by atoms with van der Waals surface area (Å²) < 4.78 is 0.654. The van der Waals surface area contributed by atoms with E-state index in [9.17, 15) is 14.7 Å². The third-order valence-electron chi connectivity index (χ3n) is 3.23. The van der Waals surface area contributed by atoms with Gasteiger partial charge < -0.3 is 15.4 Å². The third kappa shape index (κ3) is 4.29. The first kappa shape index (κ1) is 18.3. The minimum absolute atomic E-state index is 0.0216. The van der Waals surface area contributed by atoms with Gasteiger partial charge in [-0.1, -0.05) is 27.5 Å². The SMILES string of the molecule is CSCC(C)(O)CNC(=O)c1c[nH]c2c(Cl)cc(Br)cc2c1=O. The molecule has 2 rings (SSSR count). The van der Waals surface area contributed by atoms with Crippen molar-refractivity contribution in [1.29, 1.82) is 0 Å². The summed E-state index contributed by atoms with van der Waals surface area (Å²) in [5, 5.41) is 13.4. The van der Waals surface area contributed by atoms with Crippen molar-refractivity contribution in [2.24, 2.45) is 0 Å². The molecule has 1 aromatic carbocycles. The first-order valence-corrected chi connectivity index (χ1v) is 9.31. The van der Waals surface area contributed by atoms with Gasteiger partial charge in [-0.2, -0.15) is 11.8 Å². The number of fused-ring (bicyclic) bond motifs is 1. The van der Waals surface area contributed by atoms with Crippen molar-refractivity contribution < 1.29 is 9.90 Å². The number of thioether (sulfide) groups is 1. The Hall–Kier alpha value is -1.02. The molecule has 1 heterocycles. The summed E-state index contributed by atoms with van der Waals surface area (Å²) >= 11 is 10.8. The van der Waals surface area contributed by atoms with E-state index in [-0.39, 0.29) is 12.1 Å². The van der Waals surface area contributed by atoms with Gasteiger partial charge >= 0.3 is 0 Å². The summed E-state index contributed by atoms with van der Waals surface area (Å²) in [5.41, 5.74) is -0.994. The van der Waals surface area contributed by atoms with Crippen LogP contribution in [0.3, 0.4) is 0 Å². The molecule has 1 aromatic heterocycles. The van der Waals surface area contributed by atoms with E-state index in [1.165, 1.54) is 18.0 Å². The molecule has 0 spiro atoms. The number of aromatic amines is 1. The molecule has 1 unspecified atom stereocenters. The topological polar surface area (TPSA) is 82.2 Å². The molecule has 0 aliphatic rings. The van der Waals surface area contributed by atoms with Gasteiger partial charge in [-0.15, -0.1) is 0 Å². The van der Waals surface area contributed by atoms with Crippen molar-refractivity contribution in [3.8, 4) is 0 Å². The lowest BCUT2D eigenvalue weighted by Crippen LogP contribution is -2.43. The molecule has 0 fully saturated rings. The second-order valence-corrected chi connectivity index (χ2v) is 7.64. The van der Waals surface area contributed by atoms with Crippen molar-refractivity contribution in [2.75, 3.05) is 18.6 Å². The molecular weight excluding hydrogens is 404 g/mol. The Kier molecular flexibility index (Phi) is 5.78. The van der Waals surface area contributed by atoms with E-state index in [2.05, 4.69) is 26.2 Å². The Morgan fingerprint density at radius 2 is 2.22 bits per heavy atom. The van der Waals surface area contributed by atoms with Crippen molar-refractivity contribution in [2.45, 2.75) is 12.5 Å². The second-order valence-electron chi connectivity index (χ2n) is 5.45. The van der Waals surface area contributed by atoms with Crippen molar-refractivity contribution >= 4 is 56.1 Å². The summed E-state index contributed by atoms with van der Waals surface area (Å²) in [6.07, 6.45) is 3.20. The number of carbonyl (C=O) groups excluding carboxylic acids is 1. The van der Waals surface area contributed by atoms with Crippen LogP contribution in [0.2, 0.25) is 5.02 Å². The molecule has 8 heteroatoms. The lowest BCUT2D eigenvalue weighted by atomic mass is 10.1. The van der Waals surface area contributed by atoms with Crippen LogP contribution in [-0.4, -0.2) is 40.2 Å². The molecule has 2 aromatic rings. The first-order valence-electron chi connectivity index (χ1n) is 6.75. The van der Waals surface area contributed by atoms with E-state index in [4.69, 9.17) is 11.6 Å². The van der Waals surface area contributed by atoms with E-state index >= 15 is 0 Å². The number of rotatable bonds is 5. The molecule has 23 heavy (non-hydrogen) atoms. The lowest BCUT2D eigenvalue weighted by Gasteiger charge is -2.22. The van der Waals surface area contributed by atoms with Crippen LogP contribution >= 0.6 is 39.3 Å². The number of halogens is 2. The molecule has 0 bridgehead atoms. The van der Waals surface area contributed by atoms with Crippen molar-refractivity contribution in [3.05, 3.63) is 43.6 Å². The van der Waals surface area contributed by atoms with E-state index in [0.29, 0.717) is 26.2 Å². The highest BCUT2D eigenvalue weighted by Gasteiger charge is 2.22. The van der Waals surface area contributed by atoms with Gasteiger partial charge in [0, 0.05) is 28.4 Å². The molecule has 0 aliphatic heterocycles. The van der Waals surface area contributed by atoms with Gasteiger partial charge in [-0.25, -0.2) is 0 Å². The summed E-state index contributed by atoms with van der Waals surface area (Å²) in [6.45, 7) is 1.69. The molecule has 0 saturated carbocycles. The zero-order chi connectivity index (χ0) is 17.2. The van der Waals surface area contributed by atoms with E-state index in [0.717, 1.165) is 0 Å². The molecule has 3 N–H and O–H groups in total. The average molecular weight is 420 g/mol. The zero-order valence-electron chi connectivity index (χ0n) is 12.6. The summed E-state index contributed by atoms with van der Waals surface area (Å²) in [7, 11) is 0. The van der Waals surface area contributed by atoms with Crippen LogP contribution < -0.4 is 10.7 Å². The maximum absolute atomic E-state index is 12.5. The number of pyridine rings is 1. The number of benzene rings is 1. The fraction of sp³-hybridized carbons (Fsp3) is 0.333. The van der Waals surface area contributed by atoms with Crippen LogP contribution in [0.1, 0.15) is 17.3 Å². The Morgan fingerprint density at radius 1 is 1.52 bits per heavy atom. The molecule has 0 aliphatic carbocycles. The van der Waals surface area contributed by atoms with E-state index < -0.39 is 16.9 Å². The minimum atomic E-state index is -1.04. The third-order valence-corrected chi connectivity index (χ3v) is 4.90. The minimum Gasteiger partial charge on any atom is -0.387 e. The van der Waals surface area contributed by atoms with Crippen LogP contribution in [0.5, 0.6) is 0 Å². The summed E-state index contributed by atoms with van der Waals surface area (Å²) in [4.78, 5) is 27.6. The van der Waals surface area contributed by atoms with E-state index in [1.807, 2.05) is 6.26 Å². The fourth-order valence-corrected chi connectivity index (χ4v) is 3.74. The molecule has 1 atom stereocenters. The average Bonchev–Trinajstić information content (AvgIpc) is 2.46. The number of aliphatic hydroxyl groups is 1. The van der Waals surface area contributed by atoms with Gasteiger partial charge in [0.1, 0.15) is 5.56 Å². The van der Waals surface area contributed by atoms with E-state index in [1.54, 1.807) is 19.1 Å². The Labute approximate surface area is 150 Å². The number of hydrogen-bond acceptors (Lipinski definition) is 4. The Bertz CT molecular complexity index is 807. The predicted octanol–water partition coefficient (Wildman–Crippen LogP) is 2.79. The summed E-state index contributed by atoms with van der Waals surface area (Å²) in [6, 6.07) is 3.28. The molecule has 5 nitrogen and oxygen atoms in total.